The lowest BCUT2D eigenvalue weighted by atomic mass is 9.95. The number of nitrogens with zero attached hydrogens (tertiary/aromatic N) is 4. The van der Waals surface area contributed by atoms with Gasteiger partial charge in [0.15, 0.2) is 0 Å². The van der Waals surface area contributed by atoms with E-state index in [9.17, 15) is 4.79 Å². The summed E-state index contributed by atoms with van der Waals surface area (Å²) in [5, 5.41) is 18.0. The van der Waals surface area contributed by atoms with Crippen molar-refractivity contribution in [3.05, 3.63) is 65.4 Å². The highest BCUT2D eigenvalue weighted by atomic mass is 32.2. The van der Waals surface area contributed by atoms with Crippen molar-refractivity contribution >= 4 is 29.3 Å². The number of carbonyl (C=O) groups excluding carboxylic acids is 1. The second kappa shape index (κ2) is 7.96. The van der Waals surface area contributed by atoms with Crippen LogP contribution in [0.1, 0.15) is 18.5 Å². The van der Waals surface area contributed by atoms with Gasteiger partial charge >= 0.3 is 0 Å². The molecule has 1 aromatic heterocycles. The molecule has 1 amide bonds. The Morgan fingerprint density at radius 2 is 1.90 bits per heavy atom. The lowest BCUT2D eigenvalue weighted by Crippen LogP contribution is -2.31. The number of amides is 1. The average Bonchev–Trinajstić information content (AvgIpc) is 3.21. The lowest BCUT2D eigenvalue weighted by Gasteiger charge is -2.28. The fourth-order valence-electron chi connectivity index (χ4n) is 3.27. The van der Waals surface area contributed by atoms with Gasteiger partial charge in [-0.2, -0.15) is 4.68 Å². The molecule has 0 fully saturated rings. The van der Waals surface area contributed by atoms with E-state index in [4.69, 9.17) is 4.74 Å². The van der Waals surface area contributed by atoms with E-state index >= 15 is 0 Å². The van der Waals surface area contributed by atoms with Crippen molar-refractivity contribution in [2.75, 3.05) is 24.0 Å². The summed E-state index contributed by atoms with van der Waals surface area (Å²) in [7, 11) is 1.60. The van der Waals surface area contributed by atoms with Crippen LogP contribution in [0.25, 0.3) is 0 Å². The number of carbonyl (C=O) groups is 1. The zero-order valence-electron chi connectivity index (χ0n) is 16.2. The van der Waals surface area contributed by atoms with Crippen molar-refractivity contribution in [3.63, 3.8) is 0 Å². The van der Waals surface area contributed by atoms with Gasteiger partial charge in [0.25, 0.3) is 5.91 Å². The molecule has 9 heteroatoms. The van der Waals surface area contributed by atoms with Crippen LogP contribution in [0.15, 0.2) is 64.7 Å². The van der Waals surface area contributed by atoms with Crippen molar-refractivity contribution in [3.8, 4) is 5.75 Å². The number of thioether (sulfide) groups is 1. The molecule has 1 aliphatic heterocycles. The number of allylic oxidation sites excluding steroid dienone is 1. The number of methoxy groups -OCH3 is 1. The van der Waals surface area contributed by atoms with Gasteiger partial charge in [-0.05, 0) is 65.6 Å². The predicted octanol–water partition coefficient (Wildman–Crippen LogP) is 3.33. The highest BCUT2D eigenvalue weighted by Gasteiger charge is 2.34. The van der Waals surface area contributed by atoms with Crippen LogP contribution in [0.4, 0.5) is 11.6 Å². The number of nitrogens with one attached hydrogen (secondary N) is 2. The topological polar surface area (TPSA) is 94.0 Å². The molecule has 29 heavy (non-hydrogen) atoms. The number of tetrazole rings is 1. The third kappa shape index (κ3) is 3.68. The Morgan fingerprint density at radius 3 is 2.55 bits per heavy atom. The second-order valence-corrected chi connectivity index (χ2v) is 7.35. The van der Waals surface area contributed by atoms with Gasteiger partial charge < -0.3 is 15.4 Å². The Balaban J connectivity index is 1.70. The molecule has 3 aromatic rings. The van der Waals surface area contributed by atoms with Gasteiger partial charge in [0.1, 0.15) is 11.8 Å². The van der Waals surface area contributed by atoms with Crippen molar-refractivity contribution in [2.45, 2.75) is 17.9 Å². The van der Waals surface area contributed by atoms with E-state index in [-0.39, 0.29) is 5.91 Å². The van der Waals surface area contributed by atoms with E-state index in [1.807, 2.05) is 37.4 Å². The van der Waals surface area contributed by atoms with Crippen LogP contribution in [0, 0.1) is 0 Å². The summed E-state index contributed by atoms with van der Waals surface area (Å²) < 4.78 is 6.80. The van der Waals surface area contributed by atoms with Crippen LogP contribution in [0.5, 0.6) is 5.75 Å². The van der Waals surface area contributed by atoms with Crippen LogP contribution in [0.3, 0.4) is 0 Å². The third-order valence-corrected chi connectivity index (χ3v) is 5.48. The van der Waals surface area contributed by atoms with Crippen molar-refractivity contribution in [1.29, 1.82) is 0 Å². The average molecular weight is 408 g/mol. The summed E-state index contributed by atoms with van der Waals surface area (Å²) in [6.07, 6.45) is 2.02. The molecule has 0 unspecified atom stereocenters. The molecule has 0 radical (unpaired) electrons. The molecule has 0 saturated carbocycles. The molecule has 1 atom stereocenters. The fraction of sp³-hybridized carbons (Fsp3) is 0.200. The second-order valence-electron chi connectivity index (χ2n) is 6.47. The Morgan fingerprint density at radius 1 is 1.17 bits per heavy atom. The molecule has 8 nitrogen and oxygen atoms in total. The summed E-state index contributed by atoms with van der Waals surface area (Å²) in [4.78, 5) is 14.4. The van der Waals surface area contributed by atoms with Crippen LogP contribution in [0.2, 0.25) is 0 Å². The zero-order chi connectivity index (χ0) is 20.4. The van der Waals surface area contributed by atoms with Crippen LogP contribution in [-0.4, -0.2) is 39.5 Å². The Kier molecular flexibility index (Phi) is 5.22. The number of rotatable bonds is 5. The monoisotopic (exact) mass is 408 g/mol. The maximum atomic E-state index is 13.2. The first-order valence-corrected chi connectivity index (χ1v) is 10.2. The molecular formula is C20H20N6O2S. The summed E-state index contributed by atoms with van der Waals surface area (Å²) in [6.45, 7) is 1.85. The van der Waals surface area contributed by atoms with Crippen molar-refractivity contribution in [1.82, 2.24) is 20.2 Å². The Bertz CT molecular complexity index is 1060. The van der Waals surface area contributed by atoms with Gasteiger partial charge in [-0.1, -0.05) is 17.2 Å². The maximum Gasteiger partial charge on any atom is 0.255 e. The van der Waals surface area contributed by atoms with Crippen LogP contribution >= 0.6 is 11.8 Å². The van der Waals surface area contributed by atoms with Gasteiger partial charge in [-0.15, -0.1) is 11.8 Å². The molecule has 2 heterocycles. The normalized spacial score (nSPS) is 15.5. The number of fused-ring (bicyclic) bond motifs is 1. The summed E-state index contributed by atoms with van der Waals surface area (Å²) in [6, 6.07) is 14.8. The number of hydrogen-bond donors (Lipinski definition) is 2. The first-order chi connectivity index (χ1) is 14.1. The van der Waals surface area contributed by atoms with Gasteiger partial charge in [0.2, 0.25) is 5.95 Å². The fourth-order valence-corrected chi connectivity index (χ4v) is 3.68. The number of hydrogen-bond acceptors (Lipinski definition) is 7. The standard InChI is InChI=1S/C20H20N6O2S/c1-12-17(19(27)22-14-6-8-15(28-2)9-7-14)18(26-20(21-12)23-24-25-26)13-4-10-16(29-3)11-5-13/h4-11,18H,1-3H3,(H,22,27)(H,21,23,25)/t18-/m1/s1. The third-order valence-electron chi connectivity index (χ3n) is 4.74. The predicted molar refractivity (Wildman–Crippen MR) is 112 cm³/mol. The molecule has 0 aliphatic carbocycles. The highest BCUT2D eigenvalue weighted by molar-refractivity contribution is 7.98. The summed E-state index contributed by atoms with van der Waals surface area (Å²) >= 11 is 1.66. The number of anilines is 2. The minimum absolute atomic E-state index is 0.222. The minimum Gasteiger partial charge on any atom is -0.497 e. The number of ether oxygens (including phenoxy) is 1. The highest BCUT2D eigenvalue weighted by Crippen LogP contribution is 2.35. The quantitative estimate of drug-likeness (QED) is 0.626. The molecule has 0 bridgehead atoms. The largest absolute Gasteiger partial charge is 0.497 e. The Labute approximate surface area is 172 Å². The van der Waals surface area contributed by atoms with Crippen LogP contribution < -0.4 is 15.4 Å². The molecule has 0 saturated heterocycles. The Hall–Kier alpha value is -3.33. The molecular weight excluding hydrogens is 388 g/mol. The SMILES string of the molecule is COc1ccc(NC(=O)C2=C(C)Nc3nnnn3[C@@H]2c2ccc(SC)cc2)cc1. The molecule has 4 rings (SSSR count). The first-order valence-electron chi connectivity index (χ1n) is 8.95. The summed E-state index contributed by atoms with van der Waals surface area (Å²) in [5.74, 6) is 1.01. The summed E-state index contributed by atoms with van der Waals surface area (Å²) in [5.41, 5.74) is 2.86. The van der Waals surface area contributed by atoms with E-state index in [0.717, 1.165) is 16.2 Å². The van der Waals surface area contributed by atoms with Gasteiger partial charge in [-0.25, -0.2) is 0 Å². The van der Waals surface area contributed by atoms with E-state index in [0.29, 0.717) is 22.9 Å². The molecule has 2 N–H and O–H groups in total. The molecule has 1 aliphatic rings. The molecule has 2 aromatic carbocycles. The van der Waals surface area contributed by atoms with E-state index < -0.39 is 6.04 Å². The maximum absolute atomic E-state index is 13.2. The van der Waals surface area contributed by atoms with E-state index in [1.165, 1.54) is 0 Å². The van der Waals surface area contributed by atoms with Gasteiger partial charge in [0.05, 0.1) is 12.7 Å². The van der Waals surface area contributed by atoms with Gasteiger partial charge in [0, 0.05) is 16.3 Å². The minimum atomic E-state index is -0.435. The smallest absolute Gasteiger partial charge is 0.255 e. The van der Waals surface area contributed by atoms with Crippen molar-refractivity contribution < 1.29 is 9.53 Å². The van der Waals surface area contributed by atoms with E-state index in [1.54, 1.807) is 47.8 Å². The number of benzene rings is 2. The van der Waals surface area contributed by atoms with Crippen LogP contribution in [-0.2, 0) is 4.79 Å². The first kappa shape index (κ1) is 19.0. The zero-order valence-corrected chi connectivity index (χ0v) is 17.0. The van der Waals surface area contributed by atoms with Crippen molar-refractivity contribution in [2.24, 2.45) is 0 Å². The lowest BCUT2D eigenvalue weighted by molar-refractivity contribution is -0.113. The molecule has 0 spiro atoms. The molecule has 148 valence electrons. The van der Waals surface area contributed by atoms with E-state index in [2.05, 4.69) is 26.2 Å². The van der Waals surface area contributed by atoms with Gasteiger partial charge in [-0.3, -0.25) is 4.79 Å². The number of aromatic nitrogens is 4.